The third-order valence-corrected chi connectivity index (χ3v) is 4.06. The fraction of sp³-hybridized carbons (Fsp3) is 0.300. The van der Waals surface area contributed by atoms with Gasteiger partial charge in [0, 0.05) is 11.8 Å². The monoisotopic (exact) mass is 355 g/mol. The smallest absolute Gasteiger partial charge is 0.338 e. The van der Waals surface area contributed by atoms with Gasteiger partial charge in [0.05, 0.1) is 5.56 Å². The number of fused-ring (bicyclic) bond motifs is 1. The minimum Gasteiger partial charge on any atom is -0.486 e. The van der Waals surface area contributed by atoms with Gasteiger partial charge in [-0.15, -0.1) is 0 Å². The first kappa shape index (κ1) is 17.8. The third kappa shape index (κ3) is 4.14. The number of anilines is 1. The first-order valence-electron chi connectivity index (χ1n) is 8.57. The molecule has 0 aliphatic carbocycles. The zero-order chi connectivity index (χ0) is 18.5. The third-order valence-electron chi connectivity index (χ3n) is 4.06. The Kier molecular flexibility index (Phi) is 5.41. The van der Waals surface area contributed by atoms with Gasteiger partial charge in [-0.2, -0.15) is 0 Å². The van der Waals surface area contributed by atoms with Crippen molar-refractivity contribution >= 4 is 17.6 Å². The number of hydrogen-bond donors (Lipinski definition) is 1. The molecule has 3 rings (SSSR count). The van der Waals surface area contributed by atoms with Crippen molar-refractivity contribution < 1.29 is 23.8 Å². The van der Waals surface area contributed by atoms with E-state index in [1.54, 1.807) is 30.3 Å². The number of hydrogen-bond acceptors (Lipinski definition) is 5. The Balaban J connectivity index is 1.59. The van der Waals surface area contributed by atoms with Crippen molar-refractivity contribution in [2.75, 3.05) is 18.5 Å². The number of aryl methyl sites for hydroxylation is 1. The lowest BCUT2D eigenvalue weighted by Gasteiger charge is -2.19. The molecule has 0 saturated heterocycles. The Morgan fingerprint density at radius 3 is 2.46 bits per heavy atom. The second kappa shape index (κ2) is 7.91. The Morgan fingerprint density at radius 1 is 1.08 bits per heavy atom. The molecule has 0 fully saturated rings. The van der Waals surface area contributed by atoms with Gasteiger partial charge in [0.15, 0.2) is 17.6 Å². The average Bonchev–Trinajstić information content (AvgIpc) is 2.67. The Labute approximate surface area is 152 Å². The molecule has 2 aromatic rings. The van der Waals surface area contributed by atoms with E-state index >= 15 is 0 Å². The maximum Gasteiger partial charge on any atom is 0.338 e. The number of rotatable bonds is 5. The van der Waals surface area contributed by atoms with Crippen LogP contribution in [-0.2, 0) is 16.0 Å². The number of esters is 1. The quantitative estimate of drug-likeness (QED) is 0.834. The van der Waals surface area contributed by atoms with E-state index in [9.17, 15) is 9.59 Å². The molecule has 6 nitrogen and oxygen atoms in total. The van der Waals surface area contributed by atoms with Crippen molar-refractivity contribution in [1.82, 2.24) is 0 Å². The molecule has 1 atom stereocenters. The van der Waals surface area contributed by atoms with Gasteiger partial charge in [-0.25, -0.2) is 4.79 Å². The van der Waals surface area contributed by atoms with Crippen LogP contribution in [0.15, 0.2) is 42.5 Å². The molecular weight excluding hydrogens is 334 g/mol. The van der Waals surface area contributed by atoms with Gasteiger partial charge in [0.2, 0.25) is 0 Å². The normalized spacial score (nSPS) is 13.6. The van der Waals surface area contributed by atoms with E-state index in [4.69, 9.17) is 14.2 Å². The summed E-state index contributed by atoms with van der Waals surface area (Å²) in [6.07, 6.45) is -0.0366. The summed E-state index contributed by atoms with van der Waals surface area (Å²) >= 11 is 0. The van der Waals surface area contributed by atoms with Gasteiger partial charge in [-0.05, 0) is 43.2 Å². The van der Waals surface area contributed by atoms with Crippen LogP contribution < -0.4 is 14.8 Å². The molecule has 1 amide bonds. The lowest BCUT2D eigenvalue weighted by Crippen LogP contribution is -2.30. The predicted octanol–water partition coefficient (Wildman–Crippen LogP) is 3.20. The van der Waals surface area contributed by atoms with Crippen molar-refractivity contribution in [2.45, 2.75) is 26.4 Å². The van der Waals surface area contributed by atoms with E-state index in [0.717, 1.165) is 12.0 Å². The zero-order valence-electron chi connectivity index (χ0n) is 14.8. The van der Waals surface area contributed by atoms with Crippen molar-refractivity contribution in [3.63, 3.8) is 0 Å². The van der Waals surface area contributed by atoms with E-state index in [1.807, 2.05) is 19.1 Å². The molecule has 0 aromatic heterocycles. The topological polar surface area (TPSA) is 73.9 Å². The van der Waals surface area contributed by atoms with Crippen molar-refractivity contribution in [3.8, 4) is 11.5 Å². The highest BCUT2D eigenvalue weighted by Gasteiger charge is 2.20. The highest BCUT2D eigenvalue weighted by molar-refractivity contribution is 5.97. The summed E-state index contributed by atoms with van der Waals surface area (Å²) in [7, 11) is 0. The molecule has 1 aliphatic rings. The number of ether oxygens (including phenoxy) is 3. The number of nitrogens with one attached hydrogen (secondary N) is 1. The highest BCUT2D eigenvalue weighted by Crippen LogP contribution is 2.32. The van der Waals surface area contributed by atoms with Crippen LogP contribution in [0.4, 0.5) is 5.69 Å². The molecule has 6 heteroatoms. The molecule has 0 spiro atoms. The molecule has 136 valence electrons. The number of carbonyl (C=O) groups excluding carboxylic acids is 2. The Morgan fingerprint density at radius 2 is 1.77 bits per heavy atom. The van der Waals surface area contributed by atoms with E-state index in [0.29, 0.717) is 36.0 Å². The molecule has 1 N–H and O–H groups in total. The summed E-state index contributed by atoms with van der Waals surface area (Å²) in [5.41, 5.74) is 2.10. The molecule has 2 aromatic carbocycles. The molecule has 0 bridgehead atoms. The maximum atomic E-state index is 12.3. The zero-order valence-corrected chi connectivity index (χ0v) is 14.8. The van der Waals surface area contributed by atoms with Crippen molar-refractivity contribution in [1.29, 1.82) is 0 Å². The molecule has 0 saturated carbocycles. The molecule has 26 heavy (non-hydrogen) atoms. The summed E-state index contributed by atoms with van der Waals surface area (Å²) in [5.74, 6) is 0.275. The largest absolute Gasteiger partial charge is 0.486 e. The van der Waals surface area contributed by atoms with Crippen molar-refractivity contribution in [2.24, 2.45) is 0 Å². The SMILES string of the molecule is CCc1ccc(C(=O)OC(C)C(=O)Nc2ccc3c(c2)OCCO3)cc1. The molecule has 1 heterocycles. The van der Waals surface area contributed by atoms with Gasteiger partial charge in [0.25, 0.3) is 5.91 Å². The van der Waals surface area contributed by atoms with Crippen LogP contribution in [0.2, 0.25) is 0 Å². The first-order valence-corrected chi connectivity index (χ1v) is 8.57. The summed E-state index contributed by atoms with van der Waals surface area (Å²) in [6, 6.07) is 12.3. The molecule has 1 aliphatic heterocycles. The van der Waals surface area contributed by atoms with E-state index < -0.39 is 18.0 Å². The Hall–Kier alpha value is -3.02. The van der Waals surface area contributed by atoms with Gasteiger partial charge < -0.3 is 19.5 Å². The van der Waals surface area contributed by atoms with Crippen LogP contribution in [0.3, 0.4) is 0 Å². The van der Waals surface area contributed by atoms with Crippen LogP contribution in [0.25, 0.3) is 0 Å². The van der Waals surface area contributed by atoms with Crippen LogP contribution in [0.5, 0.6) is 11.5 Å². The number of benzene rings is 2. The number of amides is 1. The second-order valence-corrected chi connectivity index (χ2v) is 5.95. The predicted molar refractivity (Wildman–Crippen MR) is 96.8 cm³/mol. The van der Waals surface area contributed by atoms with E-state index in [-0.39, 0.29) is 0 Å². The van der Waals surface area contributed by atoms with Gasteiger partial charge in [0.1, 0.15) is 13.2 Å². The van der Waals surface area contributed by atoms with Crippen molar-refractivity contribution in [3.05, 3.63) is 53.6 Å². The lowest BCUT2D eigenvalue weighted by molar-refractivity contribution is -0.123. The second-order valence-electron chi connectivity index (χ2n) is 5.95. The lowest BCUT2D eigenvalue weighted by atomic mass is 10.1. The van der Waals surface area contributed by atoms with Crippen LogP contribution in [0.1, 0.15) is 29.8 Å². The number of carbonyl (C=O) groups is 2. The van der Waals surface area contributed by atoms with Crippen LogP contribution in [0, 0.1) is 0 Å². The minimum absolute atomic E-state index is 0.416. The van der Waals surface area contributed by atoms with Crippen LogP contribution in [-0.4, -0.2) is 31.2 Å². The highest BCUT2D eigenvalue weighted by atomic mass is 16.6. The fourth-order valence-electron chi connectivity index (χ4n) is 2.52. The van der Waals surface area contributed by atoms with Gasteiger partial charge in [-0.3, -0.25) is 4.79 Å². The summed E-state index contributed by atoms with van der Waals surface area (Å²) in [4.78, 5) is 24.5. The Bertz CT molecular complexity index is 800. The molecule has 1 unspecified atom stereocenters. The molecular formula is C20H21NO5. The van der Waals surface area contributed by atoms with Gasteiger partial charge in [-0.1, -0.05) is 19.1 Å². The summed E-state index contributed by atoms with van der Waals surface area (Å²) in [5, 5.41) is 2.72. The average molecular weight is 355 g/mol. The summed E-state index contributed by atoms with van der Waals surface area (Å²) < 4.78 is 16.2. The van der Waals surface area contributed by atoms with E-state index in [2.05, 4.69) is 5.32 Å². The van der Waals surface area contributed by atoms with E-state index in [1.165, 1.54) is 6.92 Å². The summed E-state index contributed by atoms with van der Waals surface area (Å²) in [6.45, 7) is 4.55. The first-order chi connectivity index (χ1) is 12.6. The standard InChI is InChI=1S/C20H21NO5/c1-3-14-4-6-15(7-5-14)20(23)26-13(2)19(22)21-16-8-9-17-18(12-16)25-11-10-24-17/h4-9,12-13H,3,10-11H2,1-2H3,(H,21,22). The van der Waals surface area contributed by atoms with Gasteiger partial charge >= 0.3 is 5.97 Å². The minimum atomic E-state index is -0.929. The van der Waals surface area contributed by atoms with Crippen LogP contribution >= 0.6 is 0 Å². The maximum absolute atomic E-state index is 12.3. The fourth-order valence-corrected chi connectivity index (χ4v) is 2.52. The molecule has 0 radical (unpaired) electrons.